The molecule has 118 valence electrons. The van der Waals surface area contributed by atoms with E-state index in [0.29, 0.717) is 19.6 Å². The molecule has 0 spiro atoms. The number of anilines is 1. The second kappa shape index (κ2) is 6.42. The van der Waals surface area contributed by atoms with Crippen molar-refractivity contribution in [1.29, 1.82) is 0 Å². The van der Waals surface area contributed by atoms with Gasteiger partial charge in [0.2, 0.25) is 11.8 Å². The number of nitrogens with two attached hydrogens (primary N) is 1. The Morgan fingerprint density at radius 3 is 2.82 bits per heavy atom. The molecule has 1 fully saturated rings. The van der Waals surface area contributed by atoms with Crippen molar-refractivity contribution >= 4 is 23.2 Å². The summed E-state index contributed by atoms with van der Waals surface area (Å²) in [7, 11) is 0. The van der Waals surface area contributed by atoms with E-state index in [1.807, 2.05) is 0 Å². The van der Waals surface area contributed by atoms with E-state index in [2.05, 4.69) is 5.32 Å². The molecule has 2 rings (SSSR count). The summed E-state index contributed by atoms with van der Waals surface area (Å²) in [6.07, 6.45) is 0.173. The van der Waals surface area contributed by atoms with Crippen LogP contribution in [-0.2, 0) is 9.59 Å². The van der Waals surface area contributed by atoms with Crippen LogP contribution in [0.25, 0.3) is 0 Å². The van der Waals surface area contributed by atoms with Crippen LogP contribution in [0, 0.1) is 23.0 Å². The third kappa shape index (κ3) is 3.51. The lowest BCUT2D eigenvalue weighted by molar-refractivity contribution is -0.384. The zero-order valence-electron chi connectivity index (χ0n) is 12.2. The Balaban J connectivity index is 1.88. The van der Waals surface area contributed by atoms with E-state index < -0.39 is 16.7 Å². The first-order valence-electron chi connectivity index (χ1n) is 6.94. The second-order valence-corrected chi connectivity index (χ2v) is 5.33. The van der Waals surface area contributed by atoms with Gasteiger partial charge in [-0.1, -0.05) is 0 Å². The molecule has 1 heterocycles. The van der Waals surface area contributed by atoms with Crippen molar-refractivity contribution in [3.8, 4) is 0 Å². The number of nitrogens with one attached hydrogen (secondary N) is 1. The van der Waals surface area contributed by atoms with Crippen molar-refractivity contribution in [2.24, 2.45) is 11.7 Å². The first-order valence-corrected chi connectivity index (χ1v) is 6.94. The van der Waals surface area contributed by atoms with Crippen molar-refractivity contribution in [3.05, 3.63) is 33.9 Å². The molecule has 0 unspecified atom stereocenters. The maximum Gasteiger partial charge on any atom is 0.269 e. The summed E-state index contributed by atoms with van der Waals surface area (Å²) in [5, 5.41) is 13.8. The Morgan fingerprint density at radius 1 is 1.55 bits per heavy atom. The van der Waals surface area contributed by atoms with Gasteiger partial charge in [-0.15, -0.1) is 0 Å². The Hall–Kier alpha value is -2.64. The number of hydrogen-bond acceptors (Lipinski definition) is 5. The van der Waals surface area contributed by atoms with Gasteiger partial charge in [0.1, 0.15) is 0 Å². The SMILES string of the molecule is Cc1cc([N+](=O)[O-])ccc1NCCN1C[C@@H](C(N)=O)CC1=O. The summed E-state index contributed by atoms with van der Waals surface area (Å²) >= 11 is 0. The number of amides is 2. The van der Waals surface area contributed by atoms with Gasteiger partial charge in [0.05, 0.1) is 10.8 Å². The van der Waals surface area contributed by atoms with Gasteiger partial charge in [-0.3, -0.25) is 19.7 Å². The third-order valence-electron chi connectivity index (χ3n) is 3.73. The molecule has 3 N–H and O–H groups in total. The summed E-state index contributed by atoms with van der Waals surface area (Å²) < 4.78 is 0. The largest absolute Gasteiger partial charge is 0.383 e. The van der Waals surface area contributed by atoms with E-state index in [0.717, 1.165) is 11.3 Å². The molecule has 0 saturated carbocycles. The minimum Gasteiger partial charge on any atom is -0.383 e. The average molecular weight is 306 g/mol. The van der Waals surface area contributed by atoms with Crippen LogP contribution in [-0.4, -0.2) is 41.3 Å². The van der Waals surface area contributed by atoms with Gasteiger partial charge in [0.15, 0.2) is 0 Å². The van der Waals surface area contributed by atoms with Gasteiger partial charge in [-0.25, -0.2) is 0 Å². The highest BCUT2D eigenvalue weighted by atomic mass is 16.6. The minimum absolute atomic E-state index is 0.0436. The lowest BCUT2D eigenvalue weighted by atomic mass is 10.1. The number of nitro benzene ring substituents is 1. The number of carbonyl (C=O) groups excluding carboxylic acids is 2. The molecule has 8 heteroatoms. The molecular weight excluding hydrogens is 288 g/mol. The number of likely N-dealkylation sites (tertiary alicyclic amines) is 1. The molecule has 0 radical (unpaired) electrons. The quantitative estimate of drug-likeness (QED) is 0.591. The van der Waals surface area contributed by atoms with Crippen LogP contribution in [0.2, 0.25) is 0 Å². The first-order chi connectivity index (χ1) is 10.4. The number of benzene rings is 1. The molecular formula is C14H18N4O4. The second-order valence-electron chi connectivity index (χ2n) is 5.33. The van der Waals surface area contributed by atoms with Crippen molar-refractivity contribution in [1.82, 2.24) is 4.90 Å². The topological polar surface area (TPSA) is 119 Å². The molecule has 0 aliphatic carbocycles. The molecule has 8 nitrogen and oxygen atoms in total. The molecule has 1 aliphatic rings. The summed E-state index contributed by atoms with van der Waals surface area (Å²) in [6.45, 7) is 3.09. The van der Waals surface area contributed by atoms with Gasteiger partial charge < -0.3 is 16.0 Å². The van der Waals surface area contributed by atoms with E-state index in [1.54, 1.807) is 17.9 Å². The van der Waals surface area contributed by atoms with E-state index in [-0.39, 0.29) is 18.0 Å². The van der Waals surface area contributed by atoms with Crippen LogP contribution >= 0.6 is 0 Å². The number of carbonyl (C=O) groups is 2. The molecule has 2 amide bonds. The van der Waals surface area contributed by atoms with Gasteiger partial charge in [-0.2, -0.15) is 0 Å². The van der Waals surface area contributed by atoms with Crippen molar-refractivity contribution in [2.75, 3.05) is 25.0 Å². The van der Waals surface area contributed by atoms with Crippen LogP contribution < -0.4 is 11.1 Å². The van der Waals surface area contributed by atoms with Crippen LogP contribution in [0.5, 0.6) is 0 Å². The van der Waals surface area contributed by atoms with E-state index in [9.17, 15) is 19.7 Å². The Kier molecular flexibility index (Phi) is 4.59. The highest BCUT2D eigenvalue weighted by Crippen LogP contribution is 2.21. The standard InChI is InChI=1S/C14H18N4O4/c1-9-6-11(18(21)22)2-3-12(9)16-4-5-17-8-10(14(15)20)7-13(17)19/h2-3,6,10,16H,4-5,7-8H2,1H3,(H2,15,20)/t10-/m0/s1. The Morgan fingerprint density at radius 2 is 2.27 bits per heavy atom. The van der Waals surface area contributed by atoms with Gasteiger partial charge in [0, 0.05) is 43.9 Å². The number of non-ortho nitro benzene ring substituents is 1. The average Bonchev–Trinajstić information content (AvgIpc) is 2.82. The Bertz CT molecular complexity index is 617. The number of aryl methyl sites for hydroxylation is 1. The maximum absolute atomic E-state index is 11.7. The molecule has 1 aliphatic heterocycles. The van der Waals surface area contributed by atoms with Crippen molar-refractivity contribution in [3.63, 3.8) is 0 Å². The predicted octanol–water partition coefficient (Wildman–Crippen LogP) is 0.649. The smallest absolute Gasteiger partial charge is 0.269 e. The lowest BCUT2D eigenvalue weighted by Crippen LogP contribution is -2.32. The molecule has 1 saturated heterocycles. The molecule has 0 bridgehead atoms. The van der Waals surface area contributed by atoms with Crippen LogP contribution in [0.3, 0.4) is 0 Å². The van der Waals surface area contributed by atoms with Crippen molar-refractivity contribution < 1.29 is 14.5 Å². The zero-order valence-corrected chi connectivity index (χ0v) is 12.2. The summed E-state index contributed by atoms with van der Waals surface area (Å²) in [5.41, 5.74) is 6.80. The fourth-order valence-electron chi connectivity index (χ4n) is 2.46. The molecule has 1 aromatic rings. The van der Waals surface area contributed by atoms with Gasteiger partial charge in [-0.05, 0) is 18.6 Å². The number of hydrogen-bond donors (Lipinski definition) is 2. The van der Waals surface area contributed by atoms with Crippen molar-refractivity contribution in [2.45, 2.75) is 13.3 Å². The summed E-state index contributed by atoms with van der Waals surface area (Å²) in [4.78, 5) is 34.7. The summed E-state index contributed by atoms with van der Waals surface area (Å²) in [6, 6.07) is 4.57. The van der Waals surface area contributed by atoms with E-state index >= 15 is 0 Å². The number of nitrogens with zero attached hydrogens (tertiary/aromatic N) is 2. The zero-order chi connectivity index (χ0) is 16.3. The van der Waals surface area contributed by atoms with Crippen LogP contribution in [0.4, 0.5) is 11.4 Å². The van der Waals surface area contributed by atoms with Crippen LogP contribution in [0.1, 0.15) is 12.0 Å². The van der Waals surface area contributed by atoms with Crippen LogP contribution in [0.15, 0.2) is 18.2 Å². The maximum atomic E-state index is 11.7. The fourth-order valence-corrected chi connectivity index (χ4v) is 2.46. The van der Waals surface area contributed by atoms with E-state index in [4.69, 9.17) is 5.73 Å². The molecule has 0 aromatic heterocycles. The lowest BCUT2D eigenvalue weighted by Gasteiger charge is -2.17. The monoisotopic (exact) mass is 306 g/mol. The van der Waals surface area contributed by atoms with Gasteiger partial charge >= 0.3 is 0 Å². The number of primary amides is 1. The van der Waals surface area contributed by atoms with Gasteiger partial charge in [0.25, 0.3) is 5.69 Å². The third-order valence-corrected chi connectivity index (χ3v) is 3.73. The number of nitro groups is 1. The molecule has 1 aromatic carbocycles. The normalized spacial score (nSPS) is 17.6. The predicted molar refractivity (Wildman–Crippen MR) is 80.2 cm³/mol. The highest BCUT2D eigenvalue weighted by Gasteiger charge is 2.32. The number of rotatable bonds is 6. The fraction of sp³-hybridized carbons (Fsp3) is 0.429. The van der Waals surface area contributed by atoms with E-state index in [1.165, 1.54) is 12.1 Å². The minimum atomic E-state index is -0.449. The molecule has 22 heavy (non-hydrogen) atoms. The molecule has 1 atom stereocenters. The highest BCUT2D eigenvalue weighted by molar-refractivity contribution is 5.88. The Labute approximate surface area is 127 Å². The summed E-state index contributed by atoms with van der Waals surface area (Å²) in [5.74, 6) is -0.936. The first kappa shape index (κ1) is 15.7.